The predicted octanol–water partition coefficient (Wildman–Crippen LogP) is 6.16. The summed E-state index contributed by atoms with van der Waals surface area (Å²) in [7, 11) is 0. The van der Waals surface area contributed by atoms with E-state index in [-0.39, 0.29) is 12.5 Å². The molecule has 0 heterocycles. The third-order valence-corrected chi connectivity index (χ3v) is 6.06. The Morgan fingerprint density at radius 2 is 1.44 bits per heavy atom. The lowest BCUT2D eigenvalue weighted by Crippen LogP contribution is -2.34. The second kappa shape index (κ2) is 17.4. The Balaban J connectivity index is 1.58. The molecule has 0 aliphatic heterocycles. The van der Waals surface area contributed by atoms with E-state index in [1.807, 2.05) is 0 Å². The highest BCUT2D eigenvalue weighted by Gasteiger charge is 2.08. The SMILES string of the molecule is CCCCCCCCCCCC(=O)NCC(=O)N/N=C\c1ccc(OC(=O)c2ccc(Br)cc2)cc1. The fraction of sp³-hybridized carbons (Fsp3) is 0.429. The Kier molecular flexibility index (Phi) is 14.2. The topological polar surface area (TPSA) is 96.9 Å². The van der Waals surface area contributed by atoms with Crippen LogP contribution in [0.4, 0.5) is 0 Å². The molecule has 0 aliphatic rings. The van der Waals surface area contributed by atoms with Gasteiger partial charge in [-0.2, -0.15) is 5.10 Å². The summed E-state index contributed by atoms with van der Waals surface area (Å²) >= 11 is 3.33. The van der Waals surface area contributed by atoms with Crippen molar-refractivity contribution in [3.05, 3.63) is 64.1 Å². The first kappa shape index (κ1) is 29.2. The molecule has 8 heteroatoms. The molecule has 0 spiro atoms. The number of halogens is 1. The fourth-order valence-electron chi connectivity index (χ4n) is 3.46. The van der Waals surface area contributed by atoms with Crippen LogP contribution in [0.1, 0.15) is 87.1 Å². The summed E-state index contributed by atoms with van der Waals surface area (Å²) in [6.07, 6.45) is 12.7. The van der Waals surface area contributed by atoms with E-state index in [2.05, 4.69) is 38.7 Å². The number of amides is 2. The van der Waals surface area contributed by atoms with Crippen LogP contribution in [0.3, 0.4) is 0 Å². The fourth-order valence-corrected chi connectivity index (χ4v) is 3.72. The molecule has 2 rings (SSSR count). The minimum Gasteiger partial charge on any atom is -0.423 e. The van der Waals surface area contributed by atoms with E-state index < -0.39 is 11.9 Å². The average molecular weight is 559 g/mol. The van der Waals surface area contributed by atoms with Gasteiger partial charge in [-0.05, 0) is 60.5 Å². The van der Waals surface area contributed by atoms with Crippen molar-refractivity contribution in [1.29, 1.82) is 0 Å². The van der Waals surface area contributed by atoms with E-state index in [4.69, 9.17) is 4.74 Å². The number of carbonyl (C=O) groups is 3. The zero-order valence-corrected chi connectivity index (χ0v) is 22.5. The van der Waals surface area contributed by atoms with Crippen molar-refractivity contribution >= 4 is 39.9 Å². The lowest BCUT2D eigenvalue weighted by molar-refractivity contribution is -0.126. The van der Waals surface area contributed by atoms with Gasteiger partial charge in [0.05, 0.1) is 18.3 Å². The van der Waals surface area contributed by atoms with Crippen molar-refractivity contribution in [3.63, 3.8) is 0 Å². The molecule has 2 amide bonds. The molecule has 2 aromatic carbocycles. The number of esters is 1. The maximum absolute atomic E-state index is 12.2. The van der Waals surface area contributed by atoms with Crippen LogP contribution in [0.2, 0.25) is 0 Å². The van der Waals surface area contributed by atoms with Crippen molar-refractivity contribution < 1.29 is 19.1 Å². The third kappa shape index (κ3) is 12.6. The number of hydrogen-bond donors (Lipinski definition) is 2. The van der Waals surface area contributed by atoms with Crippen LogP contribution in [0.5, 0.6) is 5.75 Å². The van der Waals surface area contributed by atoms with Gasteiger partial charge in [0.25, 0.3) is 5.91 Å². The van der Waals surface area contributed by atoms with Crippen molar-refractivity contribution in [3.8, 4) is 5.75 Å². The number of nitrogens with zero attached hydrogens (tertiary/aromatic N) is 1. The largest absolute Gasteiger partial charge is 0.423 e. The van der Waals surface area contributed by atoms with Gasteiger partial charge in [0.2, 0.25) is 5.91 Å². The number of rotatable bonds is 16. The first-order chi connectivity index (χ1) is 17.5. The lowest BCUT2D eigenvalue weighted by atomic mass is 10.1. The molecule has 2 N–H and O–H groups in total. The highest BCUT2D eigenvalue weighted by atomic mass is 79.9. The van der Waals surface area contributed by atoms with Crippen LogP contribution < -0.4 is 15.5 Å². The molecule has 36 heavy (non-hydrogen) atoms. The van der Waals surface area contributed by atoms with Crippen molar-refractivity contribution in [2.45, 2.75) is 71.1 Å². The molecule has 0 unspecified atom stereocenters. The molecule has 0 radical (unpaired) electrons. The summed E-state index contributed by atoms with van der Waals surface area (Å²) in [5, 5.41) is 6.52. The normalized spacial score (nSPS) is 10.8. The second-order valence-corrected chi connectivity index (χ2v) is 9.53. The van der Waals surface area contributed by atoms with E-state index in [0.29, 0.717) is 23.3 Å². The van der Waals surface area contributed by atoms with Crippen molar-refractivity contribution in [2.75, 3.05) is 6.54 Å². The Bertz CT molecular complexity index is 975. The Hall–Kier alpha value is -3.00. The zero-order valence-electron chi connectivity index (χ0n) is 20.9. The number of hydrogen-bond acceptors (Lipinski definition) is 5. The third-order valence-electron chi connectivity index (χ3n) is 5.53. The van der Waals surface area contributed by atoms with Gasteiger partial charge in [0, 0.05) is 10.9 Å². The summed E-state index contributed by atoms with van der Waals surface area (Å²) in [6.45, 7) is 2.11. The molecule has 194 valence electrons. The number of benzene rings is 2. The summed E-state index contributed by atoms with van der Waals surface area (Å²) in [5.41, 5.74) is 3.56. The Morgan fingerprint density at radius 1 is 0.833 bits per heavy atom. The summed E-state index contributed by atoms with van der Waals surface area (Å²) < 4.78 is 6.23. The highest BCUT2D eigenvalue weighted by Crippen LogP contribution is 2.16. The minimum absolute atomic E-state index is 0.113. The van der Waals surface area contributed by atoms with Gasteiger partial charge in [-0.15, -0.1) is 0 Å². The van der Waals surface area contributed by atoms with Crippen LogP contribution in [-0.4, -0.2) is 30.5 Å². The summed E-state index contributed by atoms with van der Waals surface area (Å²) in [5.74, 6) is -0.563. The molecule has 0 saturated heterocycles. The number of hydrazone groups is 1. The monoisotopic (exact) mass is 557 g/mol. The van der Waals surface area contributed by atoms with Crippen LogP contribution >= 0.6 is 15.9 Å². The molecule has 0 atom stereocenters. The van der Waals surface area contributed by atoms with Crippen LogP contribution in [0, 0.1) is 0 Å². The molecule has 0 aromatic heterocycles. The van der Waals surface area contributed by atoms with Gasteiger partial charge in [-0.3, -0.25) is 9.59 Å². The van der Waals surface area contributed by atoms with E-state index >= 15 is 0 Å². The molecule has 0 fully saturated rings. The van der Waals surface area contributed by atoms with E-state index in [1.54, 1.807) is 48.5 Å². The molecular weight excluding hydrogens is 522 g/mol. The summed E-state index contributed by atoms with van der Waals surface area (Å²) in [6, 6.07) is 13.6. The first-order valence-corrected chi connectivity index (χ1v) is 13.4. The molecule has 0 bridgehead atoms. The van der Waals surface area contributed by atoms with Gasteiger partial charge in [-0.1, -0.05) is 74.2 Å². The number of carbonyl (C=O) groups excluding carboxylic acids is 3. The van der Waals surface area contributed by atoms with Gasteiger partial charge < -0.3 is 10.1 Å². The lowest BCUT2D eigenvalue weighted by Gasteiger charge is -2.05. The van der Waals surface area contributed by atoms with E-state index in [0.717, 1.165) is 23.7 Å². The first-order valence-electron chi connectivity index (χ1n) is 12.6. The van der Waals surface area contributed by atoms with Gasteiger partial charge in [-0.25, -0.2) is 10.2 Å². The minimum atomic E-state index is -0.448. The number of nitrogens with one attached hydrogen (secondary N) is 2. The Labute approximate surface area is 222 Å². The molecule has 0 aliphatic carbocycles. The van der Waals surface area contributed by atoms with E-state index in [1.165, 1.54) is 44.7 Å². The number of unbranched alkanes of at least 4 members (excludes halogenated alkanes) is 8. The number of ether oxygens (including phenoxy) is 1. The molecule has 7 nitrogen and oxygen atoms in total. The Morgan fingerprint density at radius 3 is 2.08 bits per heavy atom. The van der Waals surface area contributed by atoms with Crippen molar-refractivity contribution in [2.24, 2.45) is 5.10 Å². The van der Waals surface area contributed by atoms with Crippen LogP contribution in [0.25, 0.3) is 0 Å². The molecule has 2 aromatic rings. The van der Waals surface area contributed by atoms with Gasteiger partial charge >= 0.3 is 5.97 Å². The van der Waals surface area contributed by atoms with Crippen LogP contribution in [-0.2, 0) is 9.59 Å². The maximum Gasteiger partial charge on any atom is 0.343 e. The molecule has 0 saturated carbocycles. The summed E-state index contributed by atoms with van der Waals surface area (Å²) in [4.78, 5) is 36.0. The van der Waals surface area contributed by atoms with Crippen LogP contribution in [0.15, 0.2) is 58.1 Å². The zero-order chi connectivity index (χ0) is 26.0. The predicted molar refractivity (Wildman–Crippen MR) is 146 cm³/mol. The van der Waals surface area contributed by atoms with E-state index in [9.17, 15) is 14.4 Å². The van der Waals surface area contributed by atoms with Gasteiger partial charge in [0.1, 0.15) is 5.75 Å². The highest BCUT2D eigenvalue weighted by molar-refractivity contribution is 9.10. The smallest absolute Gasteiger partial charge is 0.343 e. The quantitative estimate of drug-likeness (QED) is 0.0849. The average Bonchev–Trinajstić information content (AvgIpc) is 2.88. The maximum atomic E-state index is 12.2. The van der Waals surface area contributed by atoms with Gasteiger partial charge in [0.15, 0.2) is 0 Å². The van der Waals surface area contributed by atoms with Crippen molar-refractivity contribution in [1.82, 2.24) is 10.7 Å². The molecular formula is C28H36BrN3O4. The second-order valence-electron chi connectivity index (χ2n) is 8.61. The standard InChI is InChI=1S/C28H36BrN3O4/c1-2-3-4-5-6-7-8-9-10-11-26(33)30-21-27(34)32-31-20-22-12-18-25(19-13-22)36-28(35)23-14-16-24(29)17-15-23/h12-20H,2-11,21H2,1H3,(H,30,33)(H,32,34)/b31-20-.